The molecule has 148 valence electrons. The number of pyridine rings is 1. The van der Waals surface area contributed by atoms with Crippen molar-refractivity contribution >= 4 is 16.9 Å². The van der Waals surface area contributed by atoms with E-state index in [9.17, 15) is 18.0 Å². The van der Waals surface area contributed by atoms with E-state index in [1.807, 2.05) is 4.90 Å². The zero-order valence-corrected chi connectivity index (χ0v) is 15.0. The molecule has 0 atom stereocenters. The second-order valence-corrected chi connectivity index (χ2v) is 6.72. The summed E-state index contributed by atoms with van der Waals surface area (Å²) in [5.74, 6) is -0.434. The van der Waals surface area contributed by atoms with Gasteiger partial charge in [-0.15, -0.1) is 0 Å². The highest BCUT2D eigenvalue weighted by Crippen LogP contribution is 2.31. The van der Waals surface area contributed by atoms with E-state index in [-0.39, 0.29) is 0 Å². The minimum atomic E-state index is -4.34. The lowest BCUT2D eigenvalue weighted by Crippen LogP contribution is -2.47. The molecule has 0 spiro atoms. The van der Waals surface area contributed by atoms with Gasteiger partial charge in [0, 0.05) is 51.2 Å². The van der Waals surface area contributed by atoms with Gasteiger partial charge in [-0.05, 0) is 30.3 Å². The molecule has 0 saturated carbocycles. The van der Waals surface area contributed by atoms with Crippen molar-refractivity contribution in [3.63, 3.8) is 0 Å². The van der Waals surface area contributed by atoms with Crippen LogP contribution < -0.4 is 10.7 Å². The summed E-state index contributed by atoms with van der Waals surface area (Å²) in [5, 5.41) is 0. The molecule has 1 aliphatic rings. The van der Waals surface area contributed by atoms with Gasteiger partial charge in [0.05, 0.1) is 5.56 Å². The molecule has 3 heterocycles. The van der Waals surface area contributed by atoms with Crippen molar-refractivity contribution < 1.29 is 17.6 Å². The highest BCUT2D eigenvalue weighted by Gasteiger charge is 2.31. The van der Waals surface area contributed by atoms with Crippen molar-refractivity contribution in [2.24, 2.45) is 0 Å². The Morgan fingerprint density at radius 1 is 1.04 bits per heavy atom. The number of nitrogens with zero attached hydrogens (tertiary/aromatic N) is 4. The van der Waals surface area contributed by atoms with Gasteiger partial charge in [-0.2, -0.15) is 13.2 Å². The normalized spacial score (nSPS) is 16.0. The van der Waals surface area contributed by atoms with Crippen LogP contribution in [0.2, 0.25) is 0 Å². The van der Waals surface area contributed by atoms with Crippen LogP contribution in [0.3, 0.4) is 0 Å². The minimum Gasteiger partial charge on any atom is -0.389 e. The molecule has 3 aromatic rings. The standard InChI is InChI=1S/C19H19F3N4O2/c20-19(21,22)14-3-1-4-15(13-14)25-10-7-24(8-11-25)9-12-26-16-5-2-6-23-17(16)28-18(26)27/h1-6,13H,7-12H2. The van der Waals surface area contributed by atoms with E-state index >= 15 is 0 Å². The number of fused-ring (bicyclic) bond motifs is 1. The van der Waals surface area contributed by atoms with Crippen molar-refractivity contribution in [2.45, 2.75) is 12.7 Å². The number of anilines is 1. The summed E-state index contributed by atoms with van der Waals surface area (Å²) in [7, 11) is 0. The second-order valence-electron chi connectivity index (χ2n) is 6.72. The third-order valence-electron chi connectivity index (χ3n) is 5.00. The van der Waals surface area contributed by atoms with Crippen LogP contribution in [0.25, 0.3) is 11.2 Å². The van der Waals surface area contributed by atoms with Crippen LogP contribution in [0.5, 0.6) is 0 Å². The summed E-state index contributed by atoms with van der Waals surface area (Å²) in [6, 6.07) is 8.96. The smallest absolute Gasteiger partial charge is 0.389 e. The molecule has 1 fully saturated rings. The van der Waals surface area contributed by atoms with Gasteiger partial charge in [-0.25, -0.2) is 9.78 Å². The Labute approximate surface area is 158 Å². The van der Waals surface area contributed by atoms with Crippen LogP contribution in [-0.4, -0.2) is 47.2 Å². The van der Waals surface area contributed by atoms with Gasteiger partial charge in [0.2, 0.25) is 5.71 Å². The molecule has 9 heteroatoms. The van der Waals surface area contributed by atoms with Gasteiger partial charge in [-0.1, -0.05) is 6.07 Å². The van der Waals surface area contributed by atoms with E-state index in [0.29, 0.717) is 56.2 Å². The molecule has 0 aliphatic carbocycles. The Kier molecular flexibility index (Phi) is 4.84. The number of hydrogen-bond acceptors (Lipinski definition) is 5. The van der Waals surface area contributed by atoms with Crippen LogP contribution in [0.4, 0.5) is 18.9 Å². The summed E-state index contributed by atoms with van der Waals surface area (Å²) in [6.07, 6.45) is -2.77. The van der Waals surface area contributed by atoms with E-state index in [2.05, 4.69) is 9.88 Å². The molecule has 1 aliphatic heterocycles. The van der Waals surface area contributed by atoms with Crippen molar-refractivity contribution in [1.82, 2.24) is 14.5 Å². The molecule has 0 bridgehead atoms. The van der Waals surface area contributed by atoms with Gasteiger partial charge in [0.15, 0.2) is 0 Å². The maximum Gasteiger partial charge on any atom is 0.421 e. The molecule has 0 unspecified atom stereocenters. The summed E-state index contributed by atoms with van der Waals surface area (Å²) < 4.78 is 45.4. The topological polar surface area (TPSA) is 54.5 Å². The predicted octanol–water partition coefficient (Wildman–Crippen LogP) is 2.83. The zero-order valence-electron chi connectivity index (χ0n) is 15.0. The molecule has 2 aromatic heterocycles. The number of hydrogen-bond donors (Lipinski definition) is 0. The quantitative estimate of drug-likeness (QED) is 0.684. The number of halogens is 3. The van der Waals surface area contributed by atoms with Gasteiger partial charge < -0.3 is 9.32 Å². The van der Waals surface area contributed by atoms with Crippen LogP contribution in [0.15, 0.2) is 51.8 Å². The summed E-state index contributed by atoms with van der Waals surface area (Å²) in [5.41, 5.74) is 0.932. The summed E-state index contributed by atoms with van der Waals surface area (Å²) >= 11 is 0. The Morgan fingerprint density at radius 3 is 2.57 bits per heavy atom. The Balaban J connectivity index is 1.37. The average Bonchev–Trinajstić information content (AvgIpc) is 3.01. The van der Waals surface area contributed by atoms with Gasteiger partial charge in [0.25, 0.3) is 0 Å². The lowest BCUT2D eigenvalue weighted by atomic mass is 10.1. The van der Waals surface area contributed by atoms with Gasteiger partial charge in [0.1, 0.15) is 5.52 Å². The number of piperazine rings is 1. The lowest BCUT2D eigenvalue weighted by Gasteiger charge is -2.36. The number of aromatic nitrogens is 2. The molecule has 1 saturated heterocycles. The molecule has 1 aromatic carbocycles. The number of benzene rings is 1. The van der Waals surface area contributed by atoms with E-state index in [1.165, 1.54) is 12.1 Å². The third kappa shape index (κ3) is 3.75. The maximum atomic E-state index is 12.9. The van der Waals surface area contributed by atoms with Crippen LogP contribution in [0, 0.1) is 0 Å². The maximum absolute atomic E-state index is 12.9. The first-order valence-corrected chi connectivity index (χ1v) is 9.01. The molecule has 0 radical (unpaired) electrons. The number of alkyl halides is 3. The Morgan fingerprint density at radius 2 is 1.82 bits per heavy atom. The number of rotatable bonds is 4. The van der Waals surface area contributed by atoms with Crippen molar-refractivity contribution in [2.75, 3.05) is 37.6 Å². The van der Waals surface area contributed by atoms with Gasteiger partial charge >= 0.3 is 11.9 Å². The highest BCUT2D eigenvalue weighted by atomic mass is 19.4. The Hall–Kier alpha value is -2.81. The van der Waals surface area contributed by atoms with E-state index in [1.54, 1.807) is 29.0 Å². The first-order valence-electron chi connectivity index (χ1n) is 9.01. The summed E-state index contributed by atoms with van der Waals surface area (Å²) in [4.78, 5) is 20.2. The fraction of sp³-hybridized carbons (Fsp3) is 0.368. The molecule has 6 nitrogen and oxygen atoms in total. The van der Waals surface area contributed by atoms with Crippen LogP contribution in [-0.2, 0) is 12.7 Å². The SMILES string of the molecule is O=c1oc2ncccc2n1CCN1CCN(c2cccc(C(F)(F)F)c2)CC1. The van der Waals surface area contributed by atoms with Crippen molar-refractivity contribution in [1.29, 1.82) is 0 Å². The third-order valence-corrected chi connectivity index (χ3v) is 5.00. The zero-order chi connectivity index (χ0) is 19.7. The molecule has 4 rings (SSSR count). The first kappa shape index (κ1) is 18.5. The predicted molar refractivity (Wildman–Crippen MR) is 98.4 cm³/mol. The first-order chi connectivity index (χ1) is 13.4. The Bertz CT molecular complexity index is 1020. The molecule has 28 heavy (non-hydrogen) atoms. The fourth-order valence-electron chi connectivity index (χ4n) is 3.46. The van der Waals surface area contributed by atoms with Crippen molar-refractivity contribution in [3.8, 4) is 0 Å². The monoisotopic (exact) mass is 392 g/mol. The van der Waals surface area contributed by atoms with Crippen molar-refractivity contribution in [3.05, 3.63) is 58.7 Å². The largest absolute Gasteiger partial charge is 0.421 e. The highest BCUT2D eigenvalue weighted by molar-refractivity contribution is 5.67. The summed E-state index contributed by atoms with van der Waals surface area (Å²) in [6.45, 7) is 3.80. The van der Waals surface area contributed by atoms with E-state index in [4.69, 9.17) is 4.42 Å². The second kappa shape index (κ2) is 7.31. The van der Waals surface area contributed by atoms with Crippen LogP contribution in [0.1, 0.15) is 5.56 Å². The molecular weight excluding hydrogens is 373 g/mol. The van der Waals surface area contributed by atoms with E-state index < -0.39 is 17.5 Å². The average molecular weight is 392 g/mol. The number of oxazole rings is 1. The van der Waals surface area contributed by atoms with Gasteiger partial charge in [-0.3, -0.25) is 9.47 Å². The molecule has 0 amide bonds. The van der Waals surface area contributed by atoms with E-state index in [0.717, 1.165) is 6.07 Å². The minimum absolute atomic E-state index is 0.321. The lowest BCUT2D eigenvalue weighted by molar-refractivity contribution is -0.137. The van der Waals surface area contributed by atoms with Crippen LogP contribution >= 0.6 is 0 Å². The molecule has 0 N–H and O–H groups in total. The molecular formula is C19H19F3N4O2. The fourth-order valence-corrected chi connectivity index (χ4v) is 3.46.